The van der Waals surface area contributed by atoms with Crippen LogP contribution in [0.2, 0.25) is 0 Å². The fraction of sp³-hybridized carbons (Fsp3) is 0. The van der Waals surface area contributed by atoms with Crippen molar-refractivity contribution in [1.82, 2.24) is 23.7 Å². The van der Waals surface area contributed by atoms with E-state index in [4.69, 9.17) is 10.2 Å². The second-order valence-corrected chi connectivity index (χ2v) is 15.8. The molecule has 0 aliphatic heterocycles. The predicted octanol–water partition coefficient (Wildman–Crippen LogP) is 13.8. The van der Waals surface area contributed by atoms with Gasteiger partial charge >= 0.3 is 0 Å². The van der Waals surface area contributed by atoms with Crippen LogP contribution in [0, 0.1) is 0 Å². The van der Waals surface area contributed by atoms with E-state index in [1.807, 2.05) is 0 Å². The molecule has 5 heterocycles. The first-order valence-electron chi connectivity index (χ1n) is 20.2. The van der Waals surface area contributed by atoms with Crippen LogP contribution in [-0.4, -0.2) is 23.7 Å². The second-order valence-electron chi connectivity index (χ2n) is 15.8. The molecule has 5 aromatic heterocycles. The number of hydrogen-bond acceptors (Lipinski definition) is 2. The molecule has 0 fully saturated rings. The predicted molar refractivity (Wildman–Crippen MR) is 246 cm³/mol. The van der Waals surface area contributed by atoms with Gasteiger partial charge in [-0.25, -0.2) is 0 Å². The molecule has 0 amide bonds. The summed E-state index contributed by atoms with van der Waals surface area (Å²) >= 11 is 0. The topological polar surface area (TPSA) is 40.0 Å². The smallest absolute Gasteiger partial charge is 0.168 e. The number of benzene rings is 9. The van der Waals surface area contributed by atoms with Gasteiger partial charge in [-0.2, -0.15) is 0 Å². The van der Waals surface area contributed by atoms with Gasteiger partial charge in [-0.3, -0.25) is 4.57 Å². The van der Waals surface area contributed by atoms with E-state index in [0.29, 0.717) is 0 Å². The number of nitrogens with zero attached hydrogens (tertiary/aromatic N) is 5. The number of fused-ring (bicyclic) bond motifs is 16. The third-order valence-electron chi connectivity index (χ3n) is 12.8. The van der Waals surface area contributed by atoms with Crippen LogP contribution < -0.4 is 0 Å². The minimum Gasteiger partial charge on any atom is -0.309 e. The number of rotatable bonds is 3. The lowest BCUT2D eigenvalue weighted by molar-refractivity contribution is 0.978. The van der Waals surface area contributed by atoms with Crippen molar-refractivity contribution >= 4 is 103 Å². The van der Waals surface area contributed by atoms with Gasteiger partial charge in [0.15, 0.2) is 5.82 Å². The first-order valence-corrected chi connectivity index (χ1v) is 20.2. The Kier molecular flexibility index (Phi) is 5.96. The Morgan fingerprint density at radius 3 is 1.69 bits per heavy atom. The molecule has 14 rings (SSSR count). The Hall–Kier alpha value is -8.02. The van der Waals surface area contributed by atoms with Crippen molar-refractivity contribution in [3.05, 3.63) is 188 Å². The Morgan fingerprint density at radius 2 is 0.898 bits per heavy atom. The standard InChI is InChI=1S/C54H31N5/c1-2-15-34(16-3-1)57-45-23-11-8-18-36(45)39-28-27-33(30-48(39)57)50-40-21-6-7-22-41(40)54(56-55-50)59-47-25-13-10-20-38(47)44-31-43-37-19-9-12-24-46(37)58-51-35-17-5-4-14-32(35)26-29-42(51)49(52(43)58)53(44)59/h1-31H. The molecular weight excluding hydrogens is 719 g/mol. The zero-order valence-corrected chi connectivity index (χ0v) is 31.6. The lowest BCUT2D eigenvalue weighted by atomic mass is 10.0. The molecule has 5 nitrogen and oxygen atoms in total. The summed E-state index contributed by atoms with van der Waals surface area (Å²) in [5.74, 6) is 0.822. The minimum absolute atomic E-state index is 0.822. The third kappa shape index (κ3) is 3.98. The Morgan fingerprint density at radius 1 is 0.322 bits per heavy atom. The fourth-order valence-corrected chi connectivity index (χ4v) is 10.4. The molecule has 0 saturated heterocycles. The van der Waals surface area contributed by atoms with E-state index in [1.165, 1.54) is 75.9 Å². The van der Waals surface area contributed by atoms with Crippen molar-refractivity contribution < 1.29 is 0 Å². The van der Waals surface area contributed by atoms with Crippen molar-refractivity contribution in [1.29, 1.82) is 0 Å². The molecule has 0 atom stereocenters. The summed E-state index contributed by atoms with van der Waals surface area (Å²) < 4.78 is 7.26. The summed E-state index contributed by atoms with van der Waals surface area (Å²) in [5.41, 5.74) is 11.3. The van der Waals surface area contributed by atoms with Crippen molar-refractivity contribution in [2.75, 3.05) is 0 Å². The van der Waals surface area contributed by atoms with E-state index >= 15 is 0 Å². The molecule has 0 bridgehead atoms. The molecule has 14 aromatic rings. The Bertz CT molecular complexity index is 4070. The third-order valence-corrected chi connectivity index (χ3v) is 12.8. The summed E-state index contributed by atoms with van der Waals surface area (Å²) in [6, 6.07) is 68.1. The number of hydrogen-bond donors (Lipinski definition) is 0. The zero-order chi connectivity index (χ0) is 38.3. The maximum Gasteiger partial charge on any atom is 0.168 e. The van der Waals surface area contributed by atoms with Crippen LogP contribution in [0.4, 0.5) is 0 Å². The largest absolute Gasteiger partial charge is 0.309 e. The number of aromatic nitrogens is 5. The van der Waals surface area contributed by atoms with Crippen molar-refractivity contribution in [2.24, 2.45) is 0 Å². The van der Waals surface area contributed by atoms with E-state index in [1.54, 1.807) is 0 Å². The van der Waals surface area contributed by atoms with E-state index in [2.05, 4.69) is 202 Å². The van der Waals surface area contributed by atoms with Crippen LogP contribution >= 0.6 is 0 Å². The maximum atomic E-state index is 5.25. The highest BCUT2D eigenvalue weighted by atomic mass is 15.2. The second kappa shape index (κ2) is 11.3. The van der Waals surface area contributed by atoms with Gasteiger partial charge in [-0.05, 0) is 47.9 Å². The Balaban J connectivity index is 1.10. The molecule has 59 heavy (non-hydrogen) atoms. The summed E-state index contributed by atoms with van der Waals surface area (Å²) in [4.78, 5) is 0. The molecule has 0 N–H and O–H groups in total. The van der Waals surface area contributed by atoms with Crippen molar-refractivity contribution in [3.63, 3.8) is 0 Å². The molecule has 0 spiro atoms. The lowest BCUT2D eigenvalue weighted by Crippen LogP contribution is -2.03. The molecular formula is C54H31N5. The quantitative estimate of drug-likeness (QED) is 0.180. The van der Waals surface area contributed by atoms with Gasteiger partial charge in [0.05, 0.1) is 38.6 Å². The van der Waals surface area contributed by atoms with Gasteiger partial charge in [-0.15, -0.1) is 10.2 Å². The Labute approximate surface area is 336 Å². The SMILES string of the molecule is c1ccc(-n2c3ccccc3c3ccc(-c4nnc(-n5c6ccccc6c6cc7c8ccccc8n8c9c%10ccccc%10ccc9c(c65)c78)c5ccccc45)cc32)cc1. The average Bonchev–Trinajstić information content (AvgIpc) is 4.03. The fourth-order valence-electron chi connectivity index (χ4n) is 10.4. The van der Waals surface area contributed by atoms with Crippen LogP contribution in [0.25, 0.3) is 126 Å². The van der Waals surface area contributed by atoms with Crippen molar-refractivity contribution in [3.8, 4) is 22.8 Å². The molecule has 0 unspecified atom stereocenters. The minimum atomic E-state index is 0.822. The van der Waals surface area contributed by atoms with Gasteiger partial charge in [0.1, 0.15) is 5.69 Å². The lowest BCUT2D eigenvalue weighted by Gasteiger charge is -2.14. The van der Waals surface area contributed by atoms with E-state index in [0.717, 1.165) is 50.1 Å². The van der Waals surface area contributed by atoms with E-state index < -0.39 is 0 Å². The van der Waals surface area contributed by atoms with Crippen LogP contribution in [0.3, 0.4) is 0 Å². The molecule has 5 heteroatoms. The van der Waals surface area contributed by atoms with Gasteiger partial charge in [0.25, 0.3) is 0 Å². The van der Waals surface area contributed by atoms with Gasteiger partial charge in [0, 0.05) is 70.5 Å². The highest BCUT2D eigenvalue weighted by molar-refractivity contribution is 6.36. The van der Waals surface area contributed by atoms with Crippen LogP contribution in [0.1, 0.15) is 0 Å². The first kappa shape index (κ1) is 31.1. The molecule has 0 radical (unpaired) electrons. The normalized spacial score (nSPS) is 12.4. The zero-order valence-electron chi connectivity index (χ0n) is 31.6. The molecule has 0 aliphatic carbocycles. The summed E-state index contributed by atoms with van der Waals surface area (Å²) in [7, 11) is 0. The highest BCUT2D eigenvalue weighted by Gasteiger charge is 2.27. The maximum absolute atomic E-state index is 5.25. The molecule has 0 aliphatic rings. The average molecular weight is 750 g/mol. The molecule has 0 saturated carbocycles. The first-order chi connectivity index (χ1) is 29.3. The van der Waals surface area contributed by atoms with Crippen LogP contribution in [0.15, 0.2) is 188 Å². The number of para-hydroxylation sites is 4. The van der Waals surface area contributed by atoms with Crippen LogP contribution in [-0.2, 0) is 0 Å². The van der Waals surface area contributed by atoms with E-state index in [9.17, 15) is 0 Å². The highest BCUT2D eigenvalue weighted by Crippen LogP contribution is 2.48. The van der Waals surface area contributed by atoms with E-state index in [-0.39, 0.29) is 0 Å². The summed E-state index contributed by atoms with van der Waals surface area (Å²) in [6.45, 7) is 0. The van der Waals surface area contributed by atoms with Gasteiger partial charge in [0.2, 0.25) is 0 Å². The van der Waals surface area contributed by atoms with Crippen molar-refractivity contribution in [2.45, 2.75) is 0 Å². The molecule has 9 aromatic carbocycles. The van der Waals surface area contributed by atoms with Gasteiger partial charge < -0.3 is 8.97 Å². The van der Waals surface area contributed by atoms with Crippen LogP contribution in [0.5, 0.6) is 0 Å². The monoisotopic (exact) mass is 749 g/mol. The summed E-state index contributed by atoms with van der Waals surface area (Å²) in [6.07, 6.45) is 0. The molecule has 272 valence electrons. The summed E-state index contributed by atoms with van der Waals surface area (Å²) in [5, 5.41) is 24.9. The van der Waals surface area contributed by atoms with Gasteiger partial charge in [-0.1, -0.05) is 146 Å².